The zero-order valence-corrected chi connectivity index (χ0v) is 16.9. The Morgan fingerprint density at radius 3 is 2.29 bits per heavy atom. The first kappa shape index (κ1) is 19.4. The standard InChI is InChI=1S/C21H27N3O3S/c25-21-14-19-10-13-24(28(26,27)23-11-6-1-2-7-12-23)17-20(19)16-22(21)15-18-8-4-3-5-9-18/h3-5,8-9,14,16H,1-2,6-7,10-13,15,17H2. The van der Waals surface area contributed by atoms with Crippen LogP contribution in [-0.2, 0) is 29.7 Å². The van der Waals surface area contributed by atoms with Gasteiger partial charge in [0.1, 0.15) is 0 Å². The van der Waals surface area contributed by atoms with Crippen LogP contribution in [0.5, 0.6) is 0 Å². The van der Waals surface area contributed by atoms with Gasteiger partial charge >= 0.3 is 0 Å². The van der Waals surface area contributed by atoms with Gasteiger partial charge in [0.25, 0.3) is 15.8 Å². The number of aromatic nitrogens is 1. The highest BCUT2D eigenvalue weighted by Crippen LogP contribution is 2.23. The van der Waals surface area contributed by atoms with Gasteiger partial charge in [-0.1, -0.05) is 43.2 Å². The van der Waals surface area contributed by atoms with E-state index < -0.39 is 10.2 Å². The van der Waals surface area contributed by atoms with Crippen molar-refractivity contribution < 1.29 is 8.42 Å². The lowest BCUT2D eigenvalue weighted by Crippen LogP contribution is -2.46. The topological polar surface area (TPSA) is 62.6 Å². The first-order chi connectivity index (χ1) is 13.5. The number of rotatable bonds is 4. The van der Waals surface area contributed by atoms with E-state index in [0.29, 0.717) is 39.1 Å². The van der Waals surface area contributed by atoms with Crippen molar-refractivity contribution in [3.8, 4) is 0 Å². The first-order valence-electron chi connectivity index (χ1n) is 10.1. The summed E-state index contributed by atoms with van der Waals surface area (Å²) in [6.45, 7) is 2.49. The van der Waals surface area contributed by atoms with Gasteiger partial charge in [-0.2, -0.15) is 17.0 Å². The predicted molar refractivity (Wildman–Crippen MR) is 109 cm³/mol. The quantitative estimate of drug-likeness (QED) is 0.790. The maximum atomic E-state index is 13.1. The van der Waals surface area contributed by atoms with Gasteiger partial charge in [-0.05, 0) is 36.0 Å². The number of pyridine rings is 1. The summed E-state index contributed by atoms with van der Waals surface area (Å²) in [6.07, 6.45) is 6.49. The number of hydrogen-bond acceptors (Lipinski definition) is 3. The monoisotopic (exact) mass is 401 g/mol. The molecule has 0 bridgehead atoms. The molecular weight excluding hydrogens is 374 g/mol. The Labute approximate surface area is 166 Å². The van der Waals surface area contributed by atoms with E-state index in [4.69, 9.17) is 0 Å². The fourth-order valence-electron chi connectivity index (χ4n) is 4.08. The van der Waals surface area contributed by atoms with Crippen LogP contribution in [0.25, 0.3) is 0 Å². The lowest BCUT2D eigenvalue weighted by molar-refractivity contribution is 0.327. The van der Waals surface area contributed by atoms with Crippen LogP contribution in [-0.4, -0.2) is 41.2 Å². The van der Waals surface area contributed by atoms with Gasteiger partial charge in [0.15, 0.2) is 0 Å². The van der Waals surface area contributed by atoms with E-state index in [-0.39, 0.29) is 5.56 Å². The zero-order chi connectivity index (χ0) is 19.6. The molecule has 4 rings (SSSR count). The van der Waals surface area contributed by atoms with E-state index >= 15 is 0 Å². The fourth-order valence-corrected chi connectivity index (χ4v) is 5.76. The van der Waals surface area contributed by atoms with Gasteiger partial charge in [0.2, 0.25) is 0 Å². The van der Waals surface area contributed by atoms with Crippen LogP contribution >= 0.6 is 0 Å². The summed E-state index contributed by atoms with van der Waals surface area (Å²) in [6, 6.07) is 11.5. The van der Waals surface area contributed by atoms with E-state index in [9.17, 15) is 13.2 Å². The molecule has 0 amide bonds. The van der Waals surface area contributed by atoms with Gasteiger partial charge < -0.3 is 4.57 Å². The molecule has 2 aromatic rings. The molecule has 7 heteroatoms. The molecule has 0 aliphatic carbocycles. The lowest BCUT2D eigenvalue weighted by atomic mass is 10.0. The second-order valence-electron chi connectivity index (χ2n) is 7.68. The molecule has 1 saturated heterocycles. The fraction of sp³-hybridized carbons (Fsp3) is 0.476. The van der Waals surface area contributed by atoms with Gasteiger partial charge in [0, 0.05) is 38.4 Å². The minimum Gasteiger partial charge on any atom is -0.311 e. The highest BCUT2D eigenvalue weighted by Gasteiger charge is 2.32. The molecule has 2 aliphatic heterocycles. The molecule has 0 N–H and O–H groups in total. The van der Waals surface area contributed by atoms with Gasteiger partial charge in [-0.3, -0.25) is 4.79 Å². The number of fused-ring (bicyclic) bond motifs is 1. The highest BCUT2D eigenvalue weighted by molar-refractivity contribution is 7.86. The average molecular weight is 402 g/mol. The predicted octanol–water partition coefficient (Wildman–Crippen LogP) is 2.38. The van der Waals surface area contributed by atoms with Crippen LogP contribution in [0.3, 0.4) is 0 Å². The third-order valence-electron chi connectivity index (χ3n) is 5.70. The van der Waals surface area contributed by atoms with Gasteiger partial charge in [0.05, 0.1) is 6.54 Å². The Bertz CT molecular complexity index is 978. The minimum atomic E-state index is -3.45. The molecule has 6 nitrogen and oxygen atoms in total. The smallest absolute Gasteiger partial charge is 0.282 e. The molecule has 1 fully saturated rings. The molecule has 28 heavy (non-hydrogen) atoms. The van der Waals surface area contributed by atoms with Crippen LogP contribution in [0, 0.1) is 0 Å². The van der Waals surface area contributed by atoms with Crippen molar-refractivity contribution in [2.75, 3.05) is 19.6 Å². The number of hydrogen-bond donors (Lipinski definition) is 0. The molecule has 0 spiro atoms. The van der Waals surface area contributed by atoms with Crippen molar-refractivity contribution in [3.63, 3.8) is 0 Å². The van der Waals surface area contributed by atoms with E-state index in [1.807, 2.05) is 36.5 Å². The second kappa shape index (κ2) is 8.19. The van der Waals surface area contributed by atoms with Crippen LogP contribution in [0.1, 0.15) is 42.4 Å². The summed E-state index contributed by atoms with van der Waals surface area (Å²) in [5.41, 5.74) is 2.91. The summed E-state index contributed by atoms with van der Waals surface area (Å²) in [4.78, 5) is 12.5. The van der Waals surface area contributed by atoms with Crippen LogP contribution in [0.4, 0.5) is 0 Å². The van der Waals surface area contributed by atoms with Crippen LogP contribution < -0.4 is 5.56 Å². The van der Waals surface area contributed by atoms with Crippen molar-refractivity contribution in [2.45, 2.75) is 45.2 Å². The van der Waals surface area contributed by atoms with Gasteiger partial charge in [-0.15, -0.1) is 0 Å². The molecular formula is C21H27N3O3S. The largest absolute Gasteiger partial charge is 0.311 e. The zero-order valence-electron chi connectivity index (χ0n) is 16.1. The molecule has 3 heterocycles. The highest BCUT2D eigenvalue weighted by atomic mass is 32.2. The Kier molecular flexibility index (Phi) is 5.66. The van der Waals surface area contributed by atoms with E-state index in [0.717, 1.165) is 42.4 Å². The molecule has 0 atom stereocenters. The van der Waals surface area contributed by atoms with Crippen molar-refractivity contribution in [1.29, 1.82) is 0 Å². The molecule has 1 aromatic carbocycles. The third kappa shape index (κ3) is 4.06. The molecule has 0 unspecified atom stereocenters. The maximum Gasteiger partial charge on any atom is 0.282 e. The third-order valence-corrected chi connectivity index (χ3v) is 7.68. The van der Waals surface area contributed by atoms with E-state index in [1.54, 1.807) is 19.2 Å². The van der Waals surface area contributed by atoms with Crippen molar-refractivity contribution in [2.24, 2.45) is 0 Å². The summed E-state index contributed by atoms with van der Waals surface area (Å²) in [7, 11) is -3.45. The molecule has 2 aliphatic rings. The van der Waals surface area contributed by atoms with E-state index in [2.05, 4.69) is 0 Å². The Morgan fingerprint density at radius 2 is 1.57 bits per heavy atom. The maximum absolute atomic E-state index is 13.1. The second-order valence-corrected chi connectivity index (χ2v) is 9.61. The normalized spacial score (nSPS) is 19.1. The SMILES string of the molecule is O=c1cc2c(cn1Cc1ccccc1)CN(S(=O)(=O)N1CCCCCC1)CC2. The molecule has 1 aromatic heterocycles. The van der Waals surface area contributed by atoms with Gasteiger partial charge in [-0.25, -0.2) is 0 Å². The first-order valence-corrected chi connectivity index (χ1v) is 11.4. The molecule has 150 valence electrons. The molecule has 0 radical (unpaired) electrons. The van der Waals surface area contributed by atoms with E-state index in [1.165, 1.54) is 0 Å². The summed E-state index contributed by atoms with van der Waals surface area (Å²) < 4.78 is 31.2. The summed E-state index contributed by atoms with van der Waals surface area (Å²) >= 11 is 0. The number of benzene rings is 1. The number of nitrogens with zero attached hydrogens (tertiary/aromatic N) is 3. The summed E-state index contributed by atoms with van der Waals surface area (Å²) in [5.74, 6) is 0. The van der Waals surface area contributed by atoms with Crippen LogP contribution in [0.15, 0.2) is 47.4 Å². The Balaban J connectivity index is 1.57. The Hall–Kier alpha value is -1.96. The lowest BCUT2D eigenvalue weighted by Gasteiger charge is -2.32. The van der Waals surface area contributed by atoms with Crippen molar-refractivity contribution >= 4 is 10.2 Å². The van der Waals surface area contributed by atoms with Crippen LogP contribution in [0.2, 0.25) is 0 Å². The molecule has 0 saturated carbocycles. The van der Waals surface area contributed by atoms with Crippen molar-refractivity contribution in [3.05, 3.63) is 69.6 Å². The minimum absolute atomic E-state index is 0.0357. The average Bonchev–Trinajstić information content (AvgIpc) is 2.99. The van der Waals surface area contributed by atoms with Crippen molar-refractivity contribution in [1.82, 2.24) is 13.2 Å². The Morgan fingerprint density at radius 1 is 0.857 bits per heavy atom. The summed E-state index contributed by atoms with van der Waals surface area (Å²) in [5, 5.41) is 0.